The number of hydrogen-bond donors (Lipinski definition) is 2. The van der Waals surface area contributed by atoms with Gasteiger partial charge in [-0.05, 0) is 18.8 Å². The first kappa shape index (κ1) is 12.5. The van der Waals surface area contributed by atoms with Crippen molar-refractivity contribution in [1.29, 1.82) is 0 Å². The molecule has 1 rings (SSSR count). The number of nitrogens with one attached hydrogen (secondary N) is 1. The van der Waals surface area contributed by atoms with Gasteiger partial charge in [0.25, 0.3) is 0 Å². The number of hydrogen-bond acceptors (Lipinski definition) is 2. The molecule has 0 aliphatic heterocycles. The van der Waals surface area contributed by atoms with Crippen molar-refractivity contribution in [2.45, 2.75) is 64.5 Å². The lowest BCUT2D eigenvalue weighted by Gasteiger charge is -2.29. The second kappa shape index (κ2) is 6.11. The number of primary amides is 1. The number of carbonyl (C=O) groups is 1. The Kier molecular flexibility index (Phi) is 5.09. The summed E-state index contributed by atoms with van der Waals surface area (Å²) in [6, 6.07) is 0.364. The van der Waals surface area contributed by atoms with E-state index in [2.05, 4.69) is 19.2 Å². The van der Waals surface area contributed by atoms with Crippen LogP contribution in [0.3, 0.4) is 0 Å². The Balaban J connectivity index is 2.45. The Hall–Kier alpha value is -0.570. The summed E-state index contributed by atoms with van der Waals surface area (Å²) in [4.78, 5) is 11.3. The maximum atomic E-state index is 11.3. The molecule has 0 saturated heterocycles. The Morgan fingerprint density at radius 2 is 2.00 bits per heavy atom. The van der Waals surface area contributed by atoms with Crippen LogP contribution in [0.15, 0.2) is 0 Å². The van der Waals surface area contributed by atoms with E-state index in [4.69, 9.17) is 5.73 Å². The van der Waals surface area contributed by atoms with Gasteiger partial charge in [-0.25, -0.2) is 0 Å². The first-order valence-electron chi connectivity index (χ1n) is 6.20. The van der Waals surface area contributed by atoms with Crippen molar-refractivity contribution < 1.29 is 4.79 Å². The SMILES string of the molecule is CCC(C)C(NC1CCCCC1)C(N)=O. The Morgan fingerprint density at radius 1 is 1.40 bits per heavy atom. The van der Waals surface area contributed by atoms with Crippen molar-refractivity contribution in [2.24, 2.45) is 11.7 Å². The minimum Gasteiger partial charge on any atom is -0.368 e. The van der Waals surface area contributed by atoms with Crippen molar-refractivity contribution in [3.63, 3.8) is 0 Å². The van der Waals surface area contributed by atoms with Crippen LogP contribution < -0.4 is 11.1 Å². The first-order chi connectivity index (χ1) is 7.15. The largest absolute Gasteiger partial charge is 0.368 e. The van der Waals surface area contributed by atoms with Crippen LogP contribution in [0.25, 0.3) is 0 Å². The maximum absolute atomic E-state index is 11.3. The van der Waals surface area contributed by atoms with E-state index >= 15 is 0 Å². The van der Waals surface area contributed by atoms with Gasteiger partial charge < -0.3 is 11.1 Å². The molecule has 0 heterocycles. The zero-order valence-corrected chi connectivity index (χ0v) is 9.96. The van der Waals surface area contributed by atoms with Gasteiger partial charge >= 0.3 is 0 Å². The van der Waals surface area contributed by atoms with Crippen LogP contribution in [0.4, 0.5) is 0 Å². The minimum absolute atomic E-state index is 0.141. The Morgan fingerprint density at radius 3 is 2.47 bits per heavy atom. The molecular formula is C12H24N2O. The third-order valence-corrected chi connectivity index (χ3v) is 3.54. The molecule has 3 nitrogen and oxygen atoms in total. The van der Waals surface area contributed by atoms with Gasteiger partial charge in [-0.1, -0.05) is 39.5 Å². The fraction of sp³-hybridized carbons (Fsp3) is 0.917. The quantitative estimate of drug-likeness (QED) is 0.730. The lowest BCUT2D eigenvalue weighted by molar-refractivity contribution is -0.121. The fourth-order valence-electron chi connectivity index (χ4n) is 2.29. The van der Waals surface area contributed by atoms with Crippen molar-refractivity contribution in [1.82, 2.24) is 5.32 Å². The average Bonchev–Trinajstić information content (AvgIpc) is 2.26. The smallest absolute Gasteiger partial charge is 0.234 e. The van der Waals surface area contributed by atoms with Gasteiger partial charge in [0.05, 0.1) is 6.04 Å². The highest BCUT2D eigenvalue weighted by atomic mass is 16.1. The number of rotatable bonds is 5. The zero-order valence-electron chi connectivity index (χ0n) is 9.96. The molecule has 1 fully saturated rings. The van der Waals surface area contributed by atoms with Gasteiger partial charge in [0.2, 0.25) is 5.91 Å². The summed E-state index contributed by atoms with van der Waals surface area (Å²) in [5, 5.41) is 3.43. The molecule has 0 aromatic rings. The summed E-state index contributed by atoms with van der Waals surface area (Å²) < 4.78 is 0. The minimum atomic E-state index is -0.199. The molecule has 15 heavy (non-hydrogen) atoms. The topological polar surface area (TPSA) is 55.1 Å². The first-order valence-corrected chi connectivity index (χ1v) is 6.20. The van der Waals surface area contributed by atoms with Gasteiger partial charge in [-0.15, -0.1) is 0 Å². The van der Waals surface area contributed by atoms with Crippen molar-refractivity contribution in [3.05, 3.63) is 0 Å². The van der Waals surface area contributed by atoms with Crippen LogP contribution in [-0.2, 0) is 4.79 Å². The summed E-state index contributed by atoms with van der Waals surface area (Å²) >= 11 is 0. The van der Waals surface area contributed by atoms with Gasteiger partial charge in [0.15, 0.2) is 0 Å². The molecule has 2 unspecified atom stereocenters. The van der Waals surface area contributed by atoms with Gasteiger partial charge in [0.1, 0.15) is 0 Å². The molecule has 1 aliphatic carbocycles. The molecule has 0 spiro atoms. The molecule has 1 aliphatic rings. The molecule has 0 aromatic carbocycles. The average molecular weight is 212 g/mol. The monoisotopic (exact) mass is 212 g/mol. The van der Waals surface area contributed by atoms with E-state index in [0.29, 0.717) is 12.0 Å². The van der Waals surface area contributed by atoms with Crippen molar-refractivity contribution >= 4 is 5.91 Å². The molecule has 1 saturated carbocycles. The summed E-state index contributed by atoms with van der Waals surface area (Å²) in [5.74, 6) is 0.138. The summed E-state index contributed by atoms with van der Waals surface area (Å²) in [7, 11) is 0. The predicted molar refractivity (Wildman–Crippen MR) is 62.4 cm³/mol. The molecule has 0 radical (unpaired) electrons. The summed E-state index contributed by atoms with van der Waals surface area (Å²) in [6.07, 6.45) is 7.28. The molecule has 88 valence electrons. The predicted octanol–water partition coefficient (Wildman–Crippen LogP) is 1.81. The summed E-state index contributed by atoms with van der Waals surface area (Å²) in [6.45, 7) is 4.19. The van der Waals surface area contributed by atoms with E-state index in [1.54, 1.807) is 0 Å². The molecule has 1 amide bonds. The normalized spacial score (nSPS) is 22.3. The second-order valence-corrected chi connectivity index (χ2v) is 4.77. The molecule has 2 atom stereocenters. The van der Waals surface area contributed by atoms with Crippen LogP contribution in [0.2, 0.25) is 0 Å². The van der Waals surface area contributed by atoms with E-state index in [1.807, 2.05) is 0 Å². The van der Waals surface area contributed by atoms with Gasteiger partial charge in [-0.2, -0.15) is 0 Å². The number of amides is 1. The van der Waals surface area contributed by atoms with E-state index in [-0.39, 0.29) is 11.9 Å². The third-order valence-electron chi connectivity index (χ3n) is 3.54. The molecule has 3 N–H and O–H groups in total. The highest BCUT2D eigenvalue weighted by Gasteiger charge is 2.25. The van der Waals surface area contributed by atoms with Crippen molar-refractivity contribution in [3.8, 4) is 0 Å². The van der Waals surface area contributed by atoms with Crippen LogP contribution in [0, 0.1) is 5.92 Å². The lowest BCUT2D eigenvalue weighted by Crippen LogP contribution is -2.50. The van der Waals surface area contributed by atoms with Gasteiger partial charge in [0, 0.05) is 6.04 Å². The number of carbonyl (C=O) groups excluding carboxylic acids is 1. The standard InChI is InChI=1S/C12H24N2O/c1-3-9(2)11(12(13)15)14-10-7-5-4-6-8-10/h9-11,14H,3-8H2,1-2H3,(H2,13,15). The zero-order chi connectivity index (χ0) is 11.3. The van der Waals surface area contributed by atoms with E-state index in [9.17, 15) is 4.79 Å². The fourth-order valence-corrected chi connectivity index (χ4v) is 2.29. The molecular weight excluding hydrogens is 188 g/mol. The highest BCUT2D eigenvalue weighted by Crippen LogP contribution is 2.19. The van der Waals surface area contributed by atoms with E-state index in [0.717, 1.165) is 6.42 Å². The Labute approximate surface area is 92.8 Å². The summed E-state index contributed by atoms with van der Waals surface area (Å²) in [5.41, 5.74) is 5.43. The van der Waals surface area contributed by atoms with E-state index < -0.39 is 0 Å². The maximum Gasteiger partial charge on any atom is 0.234 e. The van der Waals surface area contributed by atoms with Crippen molar-refractivity contribution in [2.75, 3.05) is 0 Å². The highest BCUT2D eigenvalue weighted by molar-refractivity contribution is 5.80. The third kappa shape index (κ3) is 3.82. The van der Waals surface area contributed by atoms with Crippen LogP contribution in [-0.4, -0.2) is 18.0 Å². The molecule has 0 aromatic heterocycles. The molecule has 0 bridgehead atoms. The lowest BCUT2D eigenvalue weighted by atomic mass is 9.92. The molecule has 3 heteroatoms. The van der Waals surface area contributed by atoms with Gasteiger partial charge in [-0.3, -0.25) is 4.79 Å². The van der Waals surface area contributed by atoms with Crippen LogP contribution >= 0.6 is 0 Å². The number of nitrogens with two attached hydrogens (primary N) is 1. The Bertz CT molecular complexity index is 200. The second-order valence-electron chi connectivity index (χ2n) is 4.77. The van der Waals surface area contributed by atoms with Crippen LogP contribution in [0.5, 0.6) is 0 Å². The van der Waals surface area contributed by atoms with E-state index in [1.165, 1.54) is 32.1 Å². The van der Waals surface area contributed by atoms with Crippen LogP contribution in [0.1, 0.15) is 52.4 Å².